The summed E-state index contributed by atoms with van der Waals surface area (Å²) in [6, 6.07) is 12.7. The van der Waals surface area contributed by atoms with Crippen molar-refractivity contribution < 1.29 is 22.7 Å². The van der Waals surface area contributed by atoms with Crippen molar-refractivity contribution >= 4 is 21.6 Å². The minimum atomic E-state index is -3.85. The van der Waals surface area contributed by atoms with Crippen LogP contribution in [0.15, 0.2) is 47.4 Å². The van der Waals surface area contributed by atoms with Crippen molar-refractivity contribution in [2.45, 2.75) is 30.7 Å². The monoisotopic (exact) mass is 473 g/mol. The van der Waals surface area contributed by atoms with E-state index in [4.69, 9.17) is 9.47 Å². The van der Waals surface area contributed by atoms with E-state index in [1.165, 1.54) is 44.1 Å². The number of carbonyl (C=O) groups is 1. The minimum Gasteiger partial charge on any atom is -0.486 e. The standard InChI is InChI=1S/C24H31N3O5S/c1-25(17-19-6-8-20(9-7-19)27-12-4-3-5-13-27)24(28)18-26(2)33(29,30)21-10-11-22-23(16-21)32-15-14-31-22/h6-11,16H,3-5,12-15,17-18H2,1-2H3. The highest BCUT2D eigenvalue weighted by Gasteiger charge is 2.26. The summed E-state index contributed by atoms with van der Waals surface area (Å²) in [4.78, 5) is 16.8. The minimum absolute atomic E-state index is 0.0676. The van der Waals surface area contributed by atoms with E-state index in [9.17, 15) is 13.2 Å². The van der Waals surface area contributed by atoms with Crippen LogP contribution in [0.4, 0.5) is 5.69 Å². The van der Waals surface area contributed by atoms with Crippen LogP contribution in [-0.2, 0) is 21.4 Å². The first kappa shape index (κ1) is 23.4. The van der Waals surface area contributed by atoms with Gasteiger partial charge in [0.25, 0.3) is 0 Å². The smallest absolute Gasteiger partial charge is 0.243 e. The number of nitrogens with zero attached hydrogens (tertiary/aromatic N) is 3. The Balaban J connectivity index is 1.36. The number of anilines is 1. The summed E-state index contributed by atoms with van der Waals surface area (Å²) in [5.74, 6) is 0.635. The highest BCUT2D eigenvalue weighted by molar-refractivity contribution is 7.89. The Labute approximate surface area is 195 Å². The Bertz CT molecular complexity index is 1080. The summed E-state index contributed by atoms with van der Waals surface area (Å²) in [6.45, 7) is 3.13. The van der Waals surface area contributed by atoms with Crippen molar-refractivity contribution in [1.29, 1.82) is 0 Å². The molecule has 0 N–H and O–H groups in total. The lowest BCUT2D eigenvalue weighted by Gasteiger charge is -2.29. The fraction of sp³-hybridized carbons (Fsp3) is 0.458. The molecule has 178 valence electrons. The van der Waals surface area contributed by atoms with Crippen LogP contribution >= 0.6 is 0 Å². The average Bonchev–Trinajstić information content (AvgIpc) is 2.84. The van der Waals surface area contributed by atoms with Gasteiger partial charge in [-0.25, -0.2) is 8.42 Å². The molecule has 2 aromatic carbocycles. The van der Waals surface area contributed by atoms with E-state index in [1.807, 2.05) is 12.1 Å². The van der Waals surface area contributed by atoms with Gasteiger partial charge in [0.1, 0.15) is 13.2 Å². The maximum absolute atomic E-state index is 13.0. The van der Waals surface area contributed by atoms with Gasteiger partial charge in [0.15, 0.2) is 11.5 Å². The number of piperidine rings is 1. The Hall–Kier alpha value is -2.78. The third-order valence-electron chi connectivity index (χ3n) is 6.08. The fourth-order valence-corrected chi connectivity index (χ4v) is 5.22. The van der Waals surface area contributed by atoms with Gasteiger partial charge in [0, 0.05) is 45.5 Å². The van der Waals surface area contributed by atoms with Crippen molar-refractivity contribution in [1.82, 2.24) is 9.21 Å². The number of rotatable bonds is 7. The summed E-state index contributed by atoms with van der Waals surface area (Å²) >= 11 is 0. The van der Waals surface area contributed by atoms with Crippen LogP contribution in [0.25, 0.3) is 0 Å². The second-order valence-corrected chi connectivity index (χ2v) is 10.6. The Morgan fingerprint density at radius 1 is 0.939 bits per heavy atom. The molecule has 2 aliphatic rings. The molecule has 2 aliphatic heterocycles. The normalized spacial score (nSPS) is 16.0. The third-order valence-corrected chi connectivity index (χ3v) is 7.88. The van der Waals surface area contributed by atoms with Crippen LogP contribution in [-0.4, -0.2) is 70.5 Å². The predicted molar refractivity (Wildman–Crippen MR) is 126 cm³/mol. The van der Waals surface area contributed by atoms with E-state index in [0.29, 0.717) is 31.3 Å². The summed E-state index contributed by atoms with van der Waals surface area (Å²) in [6.07, 6.45) is 3.74. The number of ether oxygens (including phenoxy) is 2. The maximum Gasteiger partial charge on any atom is 0.243 e. The Morgan fingerprint density at radius 3 is 2.30 bits per heavy atom. The van der Waals surface area contributed by atoms with Crippen molar-refractivity contribution in [3.05, 3.63) is 48.0 Å². The molecule has 4 rings (SSSR count). The molecule has 1 fully saturated rings. The van der Waals surface area contributed by atoms with Crippen molar-refractivity contribution in [3.8, 4) is 11.5 Å². The molecule has 0 aromatic heterocycles. The molecule has 0 atom stereocenters. The zero-order valence-corrected chi connectivity index (χ0v) is 20.0. The van der Waals surface area contributed by atoms with Gasteiger partial charge in [0.05, 0.1) is 11.4 Å². The number of likely N-dealkylation sites (N-methyl/N-ethyl adjacent to an activating group) is 2. The molecule has 9 heteroatoms. The molecule has 0 unspecified atom stereocenters. The van der Waals surface area contributed by atoms with Crippen LogP contribution in [0.3, 0.4) is 0 Å². The number of carbonyl (C=O) groups excluding carboxylic acids is 1. The van der Waals surface area contributed by atoms with Gasteiger partial charge >= 0.3 is 0 Å². The first-order valence-electron chi connectivity index (χ1n) is 11.3. The third kappa shape index (κ3) is 5.42. The number of sulfonamides is 1. The van der Waals surface area contributed by atoms with Gasteiger partial charge in [-0.2, -0.15) is 4.31 Å². The van der Waals surface area contributed by atoms with Crippen LogP contribution < -0.4 is 14.4 Å². The second-order valence-electron chi connectivity index (χ2n) is 8.53. The topological polar surface area (TPSA) is 79.4 Å². The molecule has 0 bridgehead atoms. The van der Waals surface area contributed by atoms with Gasteiger partial charge in [-0.1, -0.05) is 12.1 Å². The number of amides is 1. The molecule has 0 spiro atoms. The first-order valence-corrected chi connectivity index (χ1v) is 12.7. The van der Waals surface area contributed by atoms with Gasteiger partial charge in [0.2, 0.25) is 15.9 Å². The highest BCUT2D eigenvalue weighted by Crippen LogP contribution is 2.33. The molecule has 1 amide bonds. The average molecular weight is 474 g/mol. The van der Waals surface area contributed by atoms with Gasteiger partial charge in [-0.3, -0.25) is 4.79 Å². The van der Waals surface area contributed by atoms with Crippen molar-refractivity contribution in [2.24, 2.45) is 0 Å². The molecule has 1 saturated heterocycles. The number of fused-ring (bicyclic) bond motifs is 1. The Morgan fingerprint density at radius 2 is 1.61 bits per heavy atom. The molecule has 8 nitrogen and oxygen atoms in total. The first-order chi connectivity index (χ1) is 15.8. The van der Waals surface area contributed by atoms with Crippen LogP contribution in [0.1, 0.15) is 24.8 Å². The Kier molecular flexibility index (Phi) is 7.09. The molecule has 2 aromatic rings. The van der Waals surface area contributed by atoms with E-state index in [2.05, 4.69) is 17.0 Å². The molecule has 2 heterocycles. The largest absolute Gasteiger partial charge is 0.486 e. The van der Waals surface area contributed by atoms with E-state index in [1.54, 1.807) is 18.0 Å². The van der Waals surface area contributed by atoms with Crippen molar-refractivity contribution in [2.75, 3.05) is 51.8 Å². The summed E-state index contributed by atoms with van der Waals surface area (Å²) < 4.78 is 38.0. The lowest BCUT2D eigenvalue weighted by atomic mass is 10.1. The van der Waals surface area contributed by atoms with Crippen LogP contribution in [0.2, 0.25) is 0 Å². The summed E-state index contributed by atoms with van der Waals surface area (Å²) in [5.41, 5.74) is 2.21. The van der Waals surface area contributed by atoms with E-state index in [0.717, 1.165) is 23.0 Å². The summed E-state index contributed by atoms with van der Waals surface area (Å²) in [7, 11) is -0.753. The van der Waals surface area contributed by atoms with E-state index in [-0.39, 0.29) is 17.3 Å². The number of hydrogen-bond acceptors (Lipinski definition) is 6. The van der Waals surface area contributed by atoms with Gasteiger partial charge < -0.3 is 19.3 Å². The number of hydrogen-bond donors (Lipinski definition) is 0. The SMILES string of the molecule is CN(Cc1ccc(N2CCCCC2)cc1)C(=O)CN(C)S(=O)(=O)c1ccc2c(c1)OCCO2. The van der Waals surface area contributed by atoms with Crippen LogP contribution in [0, 0.1) is 0 Å². The molecule has 0 radical (unpaired) electrons. The van der Waals surface area contributed by atoms with E-state index < -0.39 is 10.0 Å². The van der Waals surface area contributed by atoms with Gasteiger partial charge in [-0.05, 0) is 49.1 Å². The fourth-order valence-electron chi connectivity index (χ4n) is 4.09. The molecule has 0 aliphatic carbocycles. The van der Waals surface area contributed by atoms with Crippen LogP contribution in [0.5, 0.6) is 11.5 Å². The quantitative estimate of drug-likeness (QED) is 0.615. The number of benzene rings is 2. The van der Waals surface area contributed by atoms with E-state index >= 15 is 0 Å². The molecular formula is C24H31N3O5S. The second kappa shape index (κ2) is 10.0. The summed E-state index contributed by atoms with van der Waals surface area (Å²) in [5, 5.41) is 0. The zero-order valence-electron chi connectivity index (χ0n) is 19.2. The zero-order chi connectivity index (χ0) is 23.4. The molecular weight excluding hydrogens is 442 g/mol. The lowest BCUT2D eigenvalue weighted by Crippen LogP contribution is -2.39. The lowest BCUT2D eigenvalue weighted by molar-refractivity contribution is -0.130. The van der Waals surface area contributed by atoms with Gasteiger partial charge in [-0.15, -0.1) is 0 Å². The van der Waals surface area contributed by atoms with Crippen molar-refractivity contribution in [3.63, 3.8) is 0 Å². The molecule has 0 saturated carbocycles. The maximum atomic E-state index is 13.0. The highest BCUT2D eigenvalue weighted by atomic mass is 32.2. The predicted octanol–water partition coefficient (Wildman–Crippen LogP) is 2.73. The molecule has 33 heavy (non-hydrogen) atoms.